The zero-order valence-corrected chi connectivity index (χ0v) is 16.1. The van der Waals surface area contributed by atoms with Crippen LogP contribution in [0.3, 0.4) is 0 Å². The lowest BCUT2D eigenvalue weighted by Crippen LogP contribution is -2.16. The summed E-state index contributed by atoms with van der Waals surface area (Å²) in [6, 6.07) is 20.5. The second-order valence-electron chi connectivity index (χ2n) is 7.51. The number of para-hydroxylation sites is 2. The van der Waals surface area contributed by atoms with Crippen LogP contribution in [0.4, 0.5) is 23.1 Å². The highest BCUT2D eigenvalue weighted by Gasteiger charge is 2.18. The SMILES string of the molecule is Cc1cc(Nc2ccccc2C(C)(C)C)nc(N(C)c2ccccc2)n1. The van der Waals surface area contributed by atoms with Crippen LogP contribution in [0.1, 0.15) is 32.0 Å². The van der Waals surface area contributed by atoms with E-state index in [1.165, 1.54) is 5.56 Å². The minimum atomic E-state index is 0.0509. The smallest absolute Gasteiger partial charge is 0.231 e. The highest BCUT2D eigenvalue weighted by atomic mass is 15.3. The van der Waals surface area contributed by atoms with Crippen LogP contribution in [0.15, 0.2) is 60.7 Å². The monoisotopic (exact) mass is 346 g/mol. The minimum absolute atomic E-state index is 0.0509. The van der Waals surface area contributed by atoms with Gasteiger partial charge in [0.2, 0.25) is 5.95 Å². The first-order chi connectivity index (χ1) is 12.3. The Balaban J connectivity index is 1.95. The molecule has 0 unspecified atom stereocenters. The molecule has 0 spiro atoms. The Morgan fingerprint density at radius 1 is 0.885 bits per heavy atom. The van der Waals surface area contributed by atoms with Crippen LogP contribution in [0.2, 0.25) is 0 Å². The second-order valence-corrected chi connectivity index (χ2v) is 7.51. The zero-order chi connectivity index (χ0) is 18.7. The van der Waals surface area contributed by atoms with E-state index in [0.29, 0.717) is 5.95 Å². The van der Waals surface area contributed by atoms with Crippen molar-refractivity contribution in [3.8, 4) is 0 Å². The molecule has 4 heteroatoms. The van der Waals surface area contributed by atoms with Crippen LogP contribution in [0.5, 0.6) is 0 Å². The number of benzene rings is 2. The molecule has 0 atom stereocenters. The van der Waals surface area contributed by atoms with Crippen LogP contribution in [0, 0.1) is 6.92 Å². The van der Waals surface area contributed by atoms with Crippen molar-refractivity contribution in [2.45, 2.75) is 33.1 Å². The van der Waals surface area contributed by atoms with E-state index < -0.39 is 0 Å². The first-order valence-electron chi connectivity index (χ1n) is 8.85. The number of aryl methyl sites for hydroxylation is 1. The third-order valence-corrected chi connectivity index (χ3v) is 4.28. The molecule has 3 aromatic rings. The Bertz CT molecular complexity index is 882. The molecule has 1 heterocycles. The Kier molecular flexibility index (Phi) is 4.94. The summed E-state index contributed by atoms with van der Waals surface area (Å²) in [7, 11) is 1.98. The van der Waals surface area contributed by atoms with Gasteiger partial charge in [0, 0.05) is 30.2 Å². The number of hydrogen-bond acceptors (Lipinski definition) is 4. The molecule has 0 aliphatic heterocycles. The van der Waals surface area contributed by atoms with Gasteiger partial charge in [-0.1, -0.05) is 57.2 Å². The molecule has 3 rings (SSSR count). The molecule has 1 N–H and O–H groups in total. The predicted octanol–water partition coefficient (Wildman–Crippen LogP) is 5.59. The second kappa shape index (κ2) is 7.16. The third kappa shape index (κ3) is 4.02. The summed E-state index contributed by atoms with van der Waals surface area (Å²) in [4.78, 5) is 11.3. The van der Waals surface area contributed by atoms with Crippen LogP contribution in [-0.2, 0) is 5.41 Å². The van der Waals surface area contributed by atoms with E-state index in [2.05, 4.69) is 49.3 Å². The molecular formula is C22H26N4. The van der Waals surface area contributed by atoms with Gasteiger partial charge in [-0.2, -0.15) is 4.98 Å². The van der Waals surface area contributed by atoms with Gasteiger partial charge < -0.3 is 10.2 Å². The predicted molar refractivity (Wildman–Crippen MR) is 110 cm³/mol. The molecule has 26 heavy (non-hydrogen) atoms. The van der Waals surface area contributed by atoms with Crippen molar-refractivity contribution in [1.29, 1.82) is 0 Å². The number of anilines is 4. The molecule has 4 nitrogen and oxygen atoms in total. The lowest BCUT2D eigenvalue weighted by molar-refractivity contribution is 0.592. The van der Waals surface area contributed by atoms with Gasteiger partial charge in [0.25, 0.3) is 0 Å². The van der Waals surface area contributed by atoms with E-state index in [0.717, 1.165) is 22.9 Å². The summed E-state index contributed by atoms with van der Waals surface area (Å²) in [5, 5.41) is 3.49. The van der Waals surface area contributed by atoms with Gasteiger partial charge in [-0.15, -0.1) is 0 Å². The fourth-order valence-electron chi connectivity index (χ4n) is 2.92. The van der Waals surface area contributed by atoms with Crippen molar-refractivity contribution in [2.24, 2.45) is 0 Å². The maximum atomic E-state index is 4.73. The first-order valence-corrected chi connectivity index (χ1v) is 8.85. The lowest BCUT2D eigenvalue weighted by Gasteiger charge is -2.24. The fraction of sp³-hybridized carbons (Fsp3) is 0.273. The fourth-order valence-corrected chi connectivity index (χ4v) is 2.92. The molecule has 0 radical (unpaired) electrons. The van der Waals surface area contributed by atoms with Gasteiger partial charge in [-0.05, 0) is 36.1 Å². The maximum absolute atomic E-state index is 4.73. The van der Waals surface area contributed by atoms with Gasteiger partial charge in [0.15, 0.2) is 0 Å². The van der Waals surface area contributed by atoms with Gasteiger partial charge in [-0.25, -0.2) is 4.98 Å². The lowest BCUT2D eigenvalue weighted by atomic mass is 9.86. The van der Waals surface area contributed by atoms with Gasteiger partial charge >= 0.3 is 0 Å². The average molecular weight is 346 g/mol. The summed E-state index contributed by atoms with van der Waals surface area (Å²) in [5.74, 6) is 1.47. The van der Waals surface area contributed by atoms with Crippen LogP contribution in [-0.4, -0.2) is 17.0 Å². The molecule has 134 valence electrons. The molecule has 0 amide bonds. The summed E-state index contributed by atoms with van der Waals surface area (Å²) >= 11 is 0. The topological polar surface area (TPSA) is 41.1 Å². The Morgan fingerprint density at radius 3 is 2.23 bits per heavy atom. The molecule has 1 aromatic heterocycles. The number of hydrogen-bond donors (Lipinski definition) is 1. The van der Waals surface area contributed by atoms with Crippen molar-refractivity contribution >= 4 is 23.1 Å². The van der Waals surface area contributed by atoms with Crippen molar-refractivity contribution in [1.82, 2.24) is 9.97 Å². The summed E-state index contributed by atoms with van der Waals surface area (Å²) < 4.78 is 0. The number of aromatic nitrogens is 2. The zero-order valence-electron chi connectivity index (χ0n) is 16.1. The molecule has 2 aromatic carbocycles. The molecule has 0 aliphatic carbocycles. The van der Waals surface area contributed by atoms with E-state index in [1.54, 1.807) is 0 Å². The van der Waals surface area contributed by atoms with E-state index >= 15 is 0 Å². The first kappa shape index (κ1) is 17.9. The number of nitrogens with zero attached hydrogens (tertiary/aromatic N) is 3. The van der Waals surface area contributed by atoms with E-state index in [4.69, 9.17) is 4.98 Å². The Morgan fingerprint density at radius 2 is 1.54 bits per heavy atom. The summed E-state index contributed by atoms with van der Waals surface area (Å²) in [6.07, 6.45) is 0. The van der Waals surface area contributed by atoms with Crippen LogP contribution in [0.25, 0.3) is 0 Å². The van der Waals surface area contributed by atoms with Crippen molar-refractivity contribution < 1.29 is 0 Å². The van der Waals surface area contributed by atoms with E-state index in [9.17, 15) is 0 Å². The molecule has 0 saturated carbocycles. The Hall–Kier alpha value is -2.88. The van der Waals surface area contributed by atoms with Gasteiger partial charge in [-0.3, -0.25) is 0 Å². The maximum Gasteiger partial charge on any atom is 0.231 e. The minimum Gasteiger partial charge on any atom is -0.340 e. The third-order valence-electron chi connectivity index (χ3n) is 4.28. The van der Waals surface area contributed by atoms with Gasteiger partial charge in [0.05, 0.1) is 0 Å². The average Bonchev–Trinajstić information content (AvgIpc) is 2.61. The molecule has 0 aliphatic rings. The normalized spacial score (nSPS) is 11.3. The largest absolute Gasteiger partial charge is 0.340 e. The van der Waals surface area contributed by atoms with Crippen molar-refractivity contribution in [3.05, 3.63) is 71.9 Å². The van der Waals surface area contributed by atoms with Crippen molar-refractivity contribution in [3.63, 3.8) is 0 Å². The van der Waals surface area contributed by atoms with Gasteiger partial charge in [0.1, 0.15) is 5.82 Å². The van der Waals surface area contributed by atoms with Crippen LogP contribution < -0.4 is 10.2 Å². The Labute approximate surface area is 155 Å². The van der Waals surface area contributed by atoms with Crippen LogP contribution >= 0.6 is 0 Å². The molecule has 0 bridgehead atoms. The summed E-state index contributed by atoms with van der Waals surface area (Å²) in [6.45, 7) is 8.64. The van der Waals surface area contributed by atoms with Crippen molar-refractivity contribution in [2.75, 3.05) is 17.3 Å². The quantitative estimate of drug-likeness (QED) is 0.668. The summed E-state index contributed by atoms with van der Waals surface area (Å²) in [5.41, 5.74) is 4.36. The number of rotatable bonds is 4. The molecular weight excluding hydrogens is 320 g/mol. The molecule has 0 fully saturated rings. The molecule has 0 saturated heterocycles. The highest BCUT2D eigenvalue weighted by molar-refractivity contribution is 5.64. The van der Waals surface area contributed by atoms with E-state index in [-0.39, 0.29) is 5.41 Å². The van der Waals surface area contributed by atoms with E-state index in [1.807, 2.05) is 61.3 Å². The standard InChI is InChI=1S/C22H26N4/c1-16-15-20(24-19-14-10-9-13-18(19)22(2,3)4)25-21(23-16)26(5)17-11-7-6-8-12-17/h6-15H,1-5H3,(H,23,24,25). The number of nitrogens with one attached hydrogen (secondary N) is 1. The highest BCUT2D eigenvalue weighted by Crippen LogP contribution is 2.31.